The lowest BCUT2D eigenvalue weighted by atomic mass is 9.76. The van der Waals surface area contributed by atoms with Crippen LogP contribution in [0.1, 0.15) is 45.4 Å². The number of carbonyl (C=O) groups is 1. The van der Waals surface area contributed by atoms with E-state index in [0.29, 0.717) is 37.8 Å². The maximum Gasteiger partial charge on any atom is 0.336 e. The predicted octanol–water partition coefficient (Wildman–Crippen LogP) is 3.54. The molecule has 32 heavy (non-hydrogen) atoms. The molecule has 7 nitrogen and oxygen atoms in total. The van der Waals surface area contributed by atoms with Gasteiger partial charge in [-0.15, -0.1) is 0 Å². The molecule has 3 atom stereocenters. The number of nitrogens with zero attached hydrogens (tertiary/aromatic N) is 1. The number of benzene rings is 2. The molecule has 1 aliphatic carbocycles. The lowest BCUT2D eigenvalue weighted by molar-refractivity contribution is 0.0696. The summed E-state index contributed by atoms with van der Waals surface area (Å²) < 4.78 is 32.7. The highest BCUT2D eigenvalue weighted by molar-refractivity contribution is 7.89. The highest BCUT2D eigenvalue weighted by Gasteiger charge is 2.39. The molecule has 8 heteroatoms. The van der Waals surface area contributed by atoms with E-state index in [1.165, 1.54) is 4.31 Å². The first-order valence-electron chi connectivity index (χ1n) is 10.9. The summed E-state index contributed by atoms with van der Waals surface area (Å²) in [6.45, 7) is 3.40. The van der Waals surface area contributed by atoms with E-state index >= 15 is 0 Å². The molecule has 1 fully saturated rings. The minimum atomic E-state index is -3.54. The summed E-state index contributed by atoms with van der Waals surface area (Å²) >= 11 is 0. The number of ether oxygens (including phenoxy) is 1. The van der Waals surface area contributed by atoms with Crippen molar-refractivity contribution < 1.29 is 23.1 Å². The fourth-order valence-electron chi connectivity index (χ4n) is 5.16. The van der Waals surface area contributed by atoms with Crippen LogP contribution < -0.4 is 5.32 Å². The monoisotopic (exact) mass is 454 g/mol. The molecule has 0 unspecified atom stereocenters. The van der Waals surface area contributed by atoms with Crippen LogP contribution in [-0.2, 0) is 14.8 Å². The Kier molecular flexibility index (Phi) is 5.31. The van der Waals surface area contributed by atoms with Crippen LogP contribution in [0.4, 0.5) is 5.69 Å². The van der Waals surface area contributed by atoms with E-state index in [0.717, 1.165) is 28.8 Å². The number of hydrogen-bond donors (Lipinski definition) is 2. The Balaban J connectivity index is 1.48. The molecule has 2 aromatic rings. The van der Waals surface area contributed by atoms with Crippen molar-refractivity contribution in [3.63, 3.8) is 0 Å². The quantitative estimate of drug-likeness (QED) is 0.686. The molecular weight excluding hydrogens is 428 g/mol. The number of allylic oxidation sites excluding steroid dienone is 2. The van der Waals surface area contributed by atoms with Crippen LogP contribution in [0.15, 0.2) is 53.4 Å². The van der Waals surface area contributed by atoms with Gasteiger partial charge in [0.2, 0.25) is 10.0 Å². The Labute approximate surface area is 187 Å². The number of nitrogens with one attached hydrogen (secondary N) is 1. The van der Waals surface area contributed by atoms with Gasteiger partial charge in [-0.05, 0) is 54.2 Å². The summed E-state index contributed by atoms with van der Waals surface area (Å²) in [5.41, 5.74) is 4.00. The zero-order chi connectivity index (χ0) is 22.5. The van der Waals surface area contributed by atoms with Crippen molar-refractivity contribution in [3.05, 3.63) is 70.8 Å². The van der Waals surface area contributed by atoms with Gasteiger partial charge in [-0.2, -0.15) is 4.31 Å². The number of hydrogen-bond acceptors (Lipinski definition) is 5. The molecular formula is C24H26N2O5S. The zero-order valence-electron chi connectivity index (χ0n) is 17.8. The Morgan fingerprint density at radius 3 is 2.53 bits per heavy atom. The predicted molar refractivity (Wildman–Crippen MR) is 121 cm³/mol. The Hall–Kier alpha value is -2.68. The molecule has 0 radical (unpaired) electrons. The topological polar surface area (TPSA) is 95.9 Å². The first kappa shape index (κ1) is 21.2. The second kappa shape index (κ2) is 8.03. The Morgan fingerprint density at radius 2 is 1.84 bits per heavy atom. The summed E-state index contributed by atoms with van der Waals surface area (Å²) in [6, 6.07) is 10.7. The summed E-state index contributed by atoms with van der Waals surface area (Å²) in [5.74, 6) is -0.445. The fourth-order valence-corrected chi connectivity index (χ4v) is 6.57. The van der Waals surface area contributed by atoms with Crippen molar-refractivity contribution in [1.82, 2.24) is 4.31 Å². The fraction of sp³-hybridized carbons (Fsp3) is 0.375. The van der Waals surface area contributed by atoms with Crippen molar-refractivity contribution in [2.45, 2.75) is 30.2 Å². The average molecular weight is 455 g/mol. The van der Waals surface area contributed by atoms with Crippen LogP contribution in [0.5, 0.6) is 0 Å². The molecule has 2 N–H and O–H groups in total. The highest BCUT2D eigenvalue weighted by atomic mass is 32.2. The number of carboxylic acids is 1. The van der Waals surface area contributed by atoms with Crippen molar-refractivity contribution in [1.29, 1.82) is 0 Å². The second-order valence-electron chi connectivity index (χ2n) is 8.57. The van der Waals surface area contributed by atoms with Gasteiger partial charge in [0.15, 0.2) is 0 Å². The summed E-state index contributed by atoms with van der Waals surface area (Å²) in [7, 11) is -3.54. The summed E-state index contributed by atoms with van der Waals surface area (Å²) in [6.07, 6.45) is 5.29. The molecule has 0 amide bonds. The van der Waals surface area contributed by atoms with Gasteiger partial charge < -0.3 is 15.2 Å². The number of fused-ring (bicyclic) bond motifs is 3. The third-order valence-electron chi connectivity index (χ3n) is 6.87. The zero-order valence-corrected chi connectivity index (χ0v) is 18.6. The van der Waals surface area contributed by atoms with Crippen LogP contribution in [0.2, 0.25) is 0 Å². The van der Waals surface area contributed by atoms with Crippen molar-refractivity contribution in [3.8, 4) is 0 Å². The maximum atomic E-state index is 13.0. The van der Waals surface area contributed by atoms with Gasteiger partial charge in [0, 0.05) is 24.7 Å². The third-order valence-corrected chi connectivity index (χ3v) is 8.79. The molecule has 168 valence electrons. The van der Waals surface area contributed by atoms with Crippen LogP contribution in [-0.4, -0.2) is 50.1 Å². The normalized spacial score (nSPS) is 25.1. The molecule has 0 aromatic heterocycles. The van der Waals surface area contributed by atoms with Gasteiger partial charge in [0.1, 0.15) is 0 Å². The molecule has 2 aliphatic heterocycles. The Morgan fingerprint density at radius 1 is 1.12 bits per heavy atom. The standard InChI is InChI=1S/C24H26N2O5S/c1-15-18(24(27)28)9-10-21-19-3-2-4-20(19)23(25-22(15)21)16-5-7-17(8-6-16)32(29,30)26-11-13-31-14-12-26/h2-3,5-10,19-20,23,25H,4,11-14H2,1H3,(H,27,28)/t19-,20-,23-/m0/s1. The molecule has 2 heterocycles. The number of anilines is 1. The Bertz CT molecular complexity index is 1180. The van der Waals surface area contributed by atoms with Gasteiger partial charge in [0.25, 0.3) is 0 Å². The lowest BCUT2D eigenvalue weighted by Gasteiger charge is -2.38. The number of morpholine rings is 1. The first-order valence-corrected chi connectivity index (χ1v) is 12.3. The van der Waals surface area contributed by atoms with Crippen molar-refractivity contribution in [2.24, 2.45) is 5.92 Å². The van der Waals surface area contributed by atoms with Crippen LogP contribution in [0.3, 0.4) is 0 Å². The van der Waals surface area contributed by atoms with E-state index in [2.05, 4.69) is 17.5 Å². The second-order valence-corrected chi connectivity index (χ2v) is 10.5. The molecule has 5 rings (SSSR count). The van der Waals surface area contributed by atoms with E-state index in [-0.39, 0.29) is 16.9 Å². The maximum absolute atomic E-state index is 13.0. The van der Waals surface area contributed by atoms with E-state index in [1.807, 2.05) is 25.1 Å². The van der Waals surface area contributed by atoms with Gasteiger partial charge in [-0.25, -0.2) is 13.2 Å². The van der Waals surface area contributed by atoms with E-state index in [1.54, 1.807) is 18.2 Å². The molecule has 3 aliphatic rings. The lowest BCUT2D eigenvalue weighted by Crippen LogP contribution is -2.40. The number of rotatable bonds is 4. The van der Waals surface area contributed by atoms with Crippen molar-refractivity contribution >= 4 is 21.7 Å². The van der Waals surface area contributed by atoms with E-state index in [9.17, 15) is 18.3 Å². The minimum Gasteiger partial charge on any atom is -0.478 e. The van der Waals surface area contributed by atoms with Gasteiger partial charge in [0.05, 0.1) is 29.7 Å². The molecule has 0 bridgehead atoms. The molecule has 1 saturated heterocycles. The van der Waals surface area contributed by atoms with E-state index in [4.69, 9.17) is 4.74 Å². The largest absolute Gasteiger partial charge is 0.478 e. The summed E-state index contributed by atoms with van der Waals surface area (Å²) in [5, 5.41) is 13.1. The smallest absolute Gasteiger partial charge is 0.336 e. The molecule has 2 aromatic carbocycles. The highest BCUT2D eigenvalue weighted by Crippen LogP contribution is 2.51. The van der Waals surface area contributed by atoms with Crippen LogP contribution >= 0.6 is 0 Å². The number of sulfonamides is 1. The minimum absolute atomic E-state index is 0.0367. The van der Waals surface area contributed by atoms with Crippen LogP contribution in [0.25, 0.3) is 0 Å². The van der Waals surface area contributed by atoms with Gasteiger partial charge >= 0.3 is 5.97 Å². The molecule has 0 saturated carbocycles. The van der Waals surface area contributed by atoms with E-state index < -0.39 is 16.0 Å². The van der Waals surface area contributed by atoms with Crippen molar-refractivity contribution in [2.75, 3.05) is 31.6 Å². The number of carboxylic acid groups (broad SMARTS) is 1. The molecule has 0 spiro atoms. The summed E-state index contributed by atoms with van der Waals surface area (Å²) in [4.78, 5) is 11.9. The van der Waals surface area contributed by atoms with Gasteiger partial charge in [-0.1, -0.05) is 30.4 Å². The number of aromatic carboxylic acids is 1. The first-order chi connectivity index (χ1) is 15.4. The third kappa shape index (κ3) is 3.43. The average Bonchev–Trinajstić information content (AvgIpc) is 3.30. The SMILES string of the molecule is Cc1c(C(=O)O)ccc2c1N[C@@H](c1ccc(S(=O)(=O)N3CCOCC3)cc1)[C@H]1CC=C[C@H]21. The van der Waals surface area contributed by atoms with Crippen LogP contribution in [0, 0.1) is 12.8 Å². The van der Waals surface area contributed by atoms with Gasteiger partial charge in [-0.3, -0.25) is 0 Å².